The second kappa shape index (κ2) is 7.49. The van der Waals surface area contributed by atoms with Crippen molar-refractivity contribution in [2.24, 2.45) is 5.92 Å². The van der Waals surface area contributed by atoms with Crippen LogP contribution in [0.25, 0.3) is 0 Å². The highest BCUT2D eigenvalue weighted by Gasteiger charge is 2.30. The van der Waals surface area contributed by atoms with E-state index >= 15 is 0 Å². The van der Waals surface area contributed by atoms with E-state index < -0.39 is 10.0 Å². The fourth-order valence-electron chi connectivity index (χ4n) is 2.38. The number of ether oxygens (including phenoxy) is 1. The topological polar surface area (TPSA) is 72.6 Å². The molecule has 0 bridgehead atoms. The largest absolute Gasteiger partial charge is 0.399 e. The molecule has 1 heterocycles. The highest BCUT2D eigenvalue weighted by atomic mass is 32.2. The highest BCUT2D eigenvalue weighted by molar-refractivity contribution is 8.00. The summed E-state index contributed by atoms with van der Waals surface area (Å²) in [5.74, 6) is 1.05. The zero-order chi connectivity index (χ0) is 15.3. The van der Waals surface area contributed by atoms with Crippen LogP contribution < -0.4 is 5.73 Å². The first-order valence-corrected chi connectivity index (χ1v) is 9.56. The molecule has 1 aliphatic rings. The van der Waals surface area contributed by atoms with Crippen molar-refractivity contribution in [2.75, 3.05) is 44.0 Å². The summed E-state index contributed by atoms with van der Waals surface area (Å²) in [7, 11) is -1.50. The summed E-state index contributed by atoms with van der Waals surface area (Å²) in [4.78, 5) is 1.04. The Kier molecular flexibility index (Phi) is 5.92. The molecule has 1 aliphatic heterocycles. The van der Waals surface area contributed by atoms with Gasteiger partial charge in [-0.2, -0.15) is 0 Å². The van der Waals surface area contributed by atoms with Gasteiger partial charge in [-0.3, -0.25) is 0 Å². The average Bonchev–Trinajstić information content (AvgIpc) is 2.91. The van der Waals surface area contributed by atoms with E-state index in [1.54, 1.807) is 11.4 Å². The van der Waals surface area contributed by atoms with Gasteiger partial charge in [0.2, 0.25) is 10.0 Å². The van der Waals surface area contributed by atoms with Crippen molar-refractivity contribution in [3.8, 4) is 0 Å². The summed E-state index contributed by atoms with van der Waals surface area (Å²) >= 11 is 1.54. The summed E-state index contributed by atoms with van der Waals surface area (Å²) in [6.45, 7) is 1.83. The lowest BCUT2D eigenvalue weighted by Gasteiger charge is -2.16. The third-order valence-electron chi connectivity index (χ3n) is 3.53. The summed E-state index contributed by atoms with van der Waals surface area (Å²) in [6, 6.07) is 7.48. The molecule has 0 radical (unpaired) electrons. The van der Waals surface area contributed by atoms with Gasteiger partial charge in [-0.15, -0.1) is 11.8 Å². The third-order valence-corrected chi connectivity index (χ3v) is 6.65. The molecule has 0 aromatic heterocycles. The van der Waals surface area contributed by atoms with Crippen LogP contribution in [0.15, 0.2) is 29.2 Å². The van der Waals surface area contributed by atoms with Gasteiger partial charge in [0.15, 0.2) is 0 Å². The maximum absolute atomic E-state index is 12.3. The van der Waals surface area contributed by atoms with Gasteiger partial charge in [0, 0.05) is 36.5 Å². The van der Waals surface area contributed by atoms with E-state index in [0.717, 1.165) is 11.3 Å². The molecule has 21 heavy (non-hydrogen) atoms. The lowest BCUT2D eigenvalue weighted by molar-refractivity contribution is 0.157. The number of hydrogen-bond donors (Lipinski definition) is 1. The Hall–Kier alpha value is -0.760. The molecular weight excluding hydrogens is 308 g/mol. The van der Waals surface area contributed by atoms with Crippen LogP contribution in [0.2, 0.25) is 0 Å². The standard InChI is InChI=1S/C14H22N2O3S2/c1-19-11-12-6-7-16(10-12)21(17,18)9-8-20-14-4-2-13(15)3-5-14/h2-5,12H,6-11,15H2,1H3. The maximum Gasteiger partial charge on any atom is 0.214 e. The lowest BCUT2D eigenvalue weighted by Crippen LogP contribution is -2.32. The van der Waals surface area contributed by atoms with E-state index in [9.17, 15) is 8.42 Å². The Labute approximate surface area is 130 Å². The number of anilines is 1. The first-order valence-electron chi connectivity index (χ1n) is 6.96. The molecule has 1 unspecified atom stereocenters. The molecule has 1 aromatic rings. The van der Waals surface area contributed by atoms with Gasteiger partial charge in [-0.1, -0.05) is 0 Å². The summed E-state index contributed by atoms with van der Waals surface area (Å²) in [5, 5.41) is 0. The fourth-order valence-corrected chi connectivity index (χ4v) is 5.20. The number of methoxy groups -OCH3 is 1. The number of thioether (sulfide) groups is 1. The summed E-state index contributed by atoms with van der Waals surface area (Å²) in [6.07, 6.45) is 0.887. The molecule has 0 saturated carbocycles. The van der Waals surface area contributed by atoms with Crippen molar-refractivity contribution in [1.29, 1.82) is 0 Å². The van der Waals surface area contributed by atoms with Gasteiger partial charge < -0.3 is 10.5 Å². The number of rotatable bonds is 7. The van der Waals surface area contributed by atoms with Gasteiger partial charge in [-0.25, -0.2) is 12.7 Å². The maximum atomic E-state index is 12.3. The quantitative estimate of drug-likeness (QED) is 0.608. The normalized spacial score (nSPS) is 20.0. The molecule has 1 atom stereocenters. The Morgan fingerprint density at radius 3 is 2.76 bits per heavy atom. The number of benzene rings is 1. The minimum absolute atomic E-state index is 0.168. The van der Waals surface area contributed by atoms with Gasteiger partial charge in [0.1, 0.15) is 0 Å². The van der Waals surface area contributed by atoms with Crippen molar-refractivity contribution < 1.29 is 13.2 Å². The van der Waals surface area contributed by atoms with E-state index in [4.69, 9.17) is 10.5 Å². The van der Waals surface area contributed by atoms with Crippen molar-refractivity contribution in [1.82, 2.24) is 4.31 Å². The van der Waals surface area contributed by atoms with Crippen LogP contribution in [0.3, 0.4) is 0 Å². The van der Waals surface area contributed by atoms with E-state index in [1.165, 1.54) is 11.8 Å². The van der Waals surface area contributed by atoms with E-state index in [-0.39, 0.29) is 5.75 Å². The van der Waals surface area contributed by atoms with Crippen molar-refractivity contribution >= 4 is 27.5 Å². The molecule has 1 fully saturated rings. The monoisotopic (exact) mass is 330 g/mol. The van der Waals surface area contributed by atoms with Gasteiger partial charge in [-0.05, 0) is 36.6 Å². The molecule has 0 aliphatic carbocycles. The van der Waals surface area contributed by atoms with E-state index in [1.807, 2.05) is 24.3 Å². The number of hydrogen-bond acceptors (Lipinski definition) is 5. The zero-order valence-electron chi connectivity index (χ0n) is 12.2. The minimum atomic E-state index is -3.16. The van der Waals surface area contributed by atoms with E-state index in [0.29, 0.717) is 37.1 Å². The first kappa shape index (κ1) is 16.6. The molecule has 5 nitrogen and oxygen atoms in total. The number of nitrogen functional groups attached to an aromatic ring is 1. The highest BCUT2D eigenvalue weighted by Crippen LogP contribution is 2.23. The van der Waals surface area contributed by atoms with E-state index in [2.05, 4.69) is 0 Å². The predicted octanol–water partition coefficient (Wildman–Crippen LogP) is 1.66. The fraction of sp³-hybridized carbons (Fsp3) is 0.571. The predicted molar refractivity (Wildman–Crippen MR) is 86.9 cm³/mol. The van der Waals surface area contributed by atoms with Crippen LogP contribution in [0.4, 0.5) is 5.69 Å². The summed E-state index contributed by atoms with van der Waals surface area (Å²) in [5.41, 5.74) is 6.34. The molecule has 2 N–H and O–H groups in total. The molecule has 1 aromatic carbocycles. The van der Waals surface area contributed by atoms with Crippen LogP contribution in [0.5, 0.6) is 0 Å². The molecular formula is C14H22N2O3S2. The van der Waals surface area contributed by atoms with Crippen LogP contribution in [0.1, 0.15) is 6.42 Å². The average molecular weight is 330 g/mol. The lowest BCUT2D eigenvalue weighted by atomic mass is 10.1. The number of nitrogens with two attached hydrogens (primary N) is 1. The van der Waals surface area contributed by atoms with Crippen LogP contribution in [0, 0.1) is 5.92 Å². The Bertz CT molecular complexity index is 546. The van der Waals surface area contributed by atoms with Crippen molar-refractivity contribution in [2.45, 2.75) is 11.3 Å². The van der Waals surface area contributed by atoms with Crippen molar-refractivity contribution in [3.63, 3.8) is 0 Å². The Morgan fingerprint density at radius 1 is 1.38 bits per heavy atom. The Morgan fingerprint density at radius 2 is 2.10 bits per heavy atom. The molecule has 2 rings (SSSR count). The summed E-state index contributed by atoms with van der Waals surface area (Å²) < 4.78 is 31.3. The molecule has 0 spiro atoms. The van der Waals surface area contributed by atoms with Crippen LogP contribution in [-0.2, 0) is 14.8 Å². The number of nitrogens with zero attached hydrogens (tertiary/aromatic N) is 1. The second-order valence-corrected chi connectivity index (χ2v) is 8.46. The SMILES string of the molecule is COCC1CCN(S(=O)(=O)CCSc2ccc(N)cc2)C1. The second-order valence-electron chi connectivity index (χ2n) is 5.20. The molecule has 1 saturated heterocycles. The third kappa shape index (κ3) is 4.88. The number of sulfonamides is 1. The molecule has 0 amide bonds. The smallest absolute Gasteiger partial charge is 0.214 e. The van der Waals surface area contributed by atoms with Gasteiger partial charge in [0.25, 0.3) is 0 Å². The molecule has 118 valence electrons. The van der Waals surface area contributed by atoms with Gasteiger partial charge >= 0.3 is 0 Å². The van der Waals surface area contributed by atoms with Crippen LogP contribution in [-0.4, -0.2) is 51.0 Å². The molecule has 7 heteroatoms. The van der Waals surface area contributed by atoms with Gasteiger partial charge in [0.05, 0.1) is 12.4 Å². The Balaban J connectivity index is 1.80. The first-order chi connectivity index (χ1) is 10.0. The zero-order valence-corrected chi connectivity index (χ0v) is 13.8. The van der Waals surface area contributed by atoms with Crippen LogP contribution >= 0.6 is 11.8 Å². The minimum Gasteiger partial charge on any atom is -0.399 e. The van der Waals surface area contributed by atoms with Crippen molar-refractivity contribution in [3.05, 3.63) is 24.3 Å².